The van der Waals surface area contributed by atoms with Crippen LogP contribution in [0.4, 0.5) is 5.69 Å². The van der Waals surface area contributed by atoms with Gasteiger partial charge in [0.2, 0.25) is 10.0 Å². The highest BCUT2D eigenvalue weighted by Gasteiger charge is 2.59. The first-order chi connectivity index (χ1) is 31.6. The topological polar surface area (TPSA) is 235 Å². The van der Waals surface area contributed by atoms with Gasteiger partial charge in [-0.15, -0.1) is 0 Å². The third-order valence-corrected chi connectivity index (χ3v) is 17.0. The lowest BCUT2D eigenvalue weighted by molar-refractivity contribution is -0.334. The number of esters is 1. The second kappa shape index (κ2) is 22.5. The van der Waals surface area contributed by atoms with Gasteiger partial charge < -0.3 is 64.6 Å². The number of carbonyl (C=O) groups is 1. The van der Waals surface area contributed by atoms with Gasteiger partial charge in [-0.05, 0) is 117 Å². The Morgan fingerprint density at radius 2 is 1.56 bits per heavy atom. The highest BCUT2D eigenvalue weighted by molar-refractivity contribution is 7.89. The van der Waals surface area contributed by atoms with E-state index >= 15 is 0 Å². The number of likely N-dealkylation sites (N-methyl/N-ethyl adjacent to an activating group) is 1. The van der Waals surface area contributed by atoms with E-state index in [2.05, 4.69) is 10.6 Å². The van der Waals surface area contributed by atoms with Crippen LogP contribution in [0.15, 0.2) is 59.5 Å². The number of nitrogens with one attached hydrogen (secondary N) is 2. The standard InChI is InChI=1S/C49H78ClN3O14S/c1-13-38-48(10,58)42(55)32(6)51-26-28(2)24-46(8,57)43(67-45-40(54)37(23-29(3)63-45)53(11)68(60,61)36-21-19-34(50)20-22-36)30(4)41(31(5)44(56)65-38)66-39-25-47(9,62-12)49(59,33(7)64-39)27-52-35-17-15-14-16-18-35/h14-22,28-33,37-43,45,51-52,54-55,57-59H,13,23-27H2,1-12H3/t28-,29-,30+,31-,32-,33+,37+,38-,39+,40-,41+,42-,43-,45+,46-,47-,48-,49+/m1/s1. The zero-order valence-electron chi connectivity index (χ0n) is 41.7. The van der Waals surface area contributed by atoms with Crippen molar-refractivity contribution in [2.45, 2.75) is 190 Å². The number of nitrogens with zero attached hydrogens (tertiary/aromatic N) is 1. The number of cyclic esters (lactones) is 1. The van der Waals surface area contributed by atoms with Gasteiger partial charge in [-0.1, -0.05) is 50.6 Å². The molecular weight excluding hydrogens is 922 g/mol. The molecule has 0 aromatic heterocycles. The second-order valence-corrected chi connectivity index (χ2v) is 22.7. The summed E-state index contributed by atoms with van der Waals surface area (Å²) in [6, 6.07) is 13.4. The minimum atomic E-state index is -4.16. The summed E-state index contributed by atoms with van der Waals surface area (Å²) in [5, 5.41) is 67.4. The molecule has 7 N–H and O–H groups in total. The monoisotopic (exact) mass is 999 g/mol. The molecule has 0 saturated carbocycles. The molecule has 3 saturated heterocycles. The van der Waals surface area contributed by atoms with Gasteiger partial charge in [-0.2, -0.15) is 4.31 Å². The first-order valence-corrected chi connectivity index (χ1v) is 25.6. The molecule has 0 bridgehead atoms. The maximum Gasteiger partial charge on any atom is 0.311 e. The molecule has 0 amide bonds. The fourth-order valence-electron chi connectivity index (χ4n) is 10.3. The molecule has 3 aliphatic heterocycles. The number of hydrogen-bond donors (Lipinski definition) is 7. The predicted molar refractivity (Wildman–Crippen MR) is 256 cm³/mol. The van der Waals surface area contributed by atoms with Gasteiger partial charge in [0.25, 0.3) is 0 Å². The lowest BCUT2D eigenvalue weighted by atomic mass is 9.75. The Balaban J connectivity index is 1.56. The van der Waals surface area contributed by atoms with Gasteiger partial charge in [0.15, 0.2) is 12.6 Å². The summed E-state index contributed by atoms with van der Waals surface area (Å²) in [5.41, 5.74) is -5.76. The number of ether oxygens (including phenoxy) is 6. The largest absolute Gasteiger partial charge is 0.459 e. The van der Waals surface area contributed by atoms with Crippen LogP contribution in [0.2, 0.25) is 5.02 Å². The minimum absolute atomic E-state index is 0.0229. The highest BCUT2D eigenvalue weighted by atomic mass is 35.5. The quantitative estimate of drug-likeness (QED) is 0.146. The van der Waals surface area contributed by atoms with Crippen LogP contribution in [-0.4, -0.2) is 161 Å². The molecule has 386 valence electrons. The number of methoxy groups -OCH3 is 1. The molecule has 3 aliphatic rings. The summed E-state index contributed by atoms with van der Waals surface area (Å²) in [4.78, 5) is 14.5. The van der Waals surface area contributed by atoms with Crippen LogP contribution in [0, 0.1) is 17.8 Å². The van der Waals surface area contributed by atoms with E-state index in [4.69, 9.17) is 40.0 Å². The van der Waals surface area contributed by atoms with E-state index in [1.807, 2.05) is 37.3 Å². The van der Waals surface area contributed by atoms with Crippen molar-refractivity contribution in [1.82, 2.24) is 9.62 Å². The number of carbonyl (C=O) groups excluding carboxylic acids is 1. The number of benzene rings is 2. The van der Waals surface area contributed by atoms with Crippen LogP contribution in [-0.2, 0) is 43.2 Å². The molecule has 2 aromatic carbocycles. The van der Waals surface area contributed by atoms with Crippen molar-refractivity contribution in [2.75, 3.05) is 32.6 Å². The average molecular weight is 1000 g/mol. The molecule has 5 rings (SSSR count). The van der Waals surface area contributed by atoms with E-state index in [1.165, 1.54) is 45.3 Å². The van der Waals surface area contributed by atoms with Crippen molar-refractivity contribution in [2.24, 2.45) is 17.8 Å². The molecule has 0 radical (unpaired) electrons. The van der Waals surface area contributed by atoms with Crippen LogP contribution < -0.4 is 10.6 Å². The molecule has 2 aromatic rings. The Kier molecular flexibility index (Phi) is 18.6. The van der Waals surface area contributed by atoms with Gasteiger partial charge in [0, 0.05) is 49.8 Å². The summed E-state index contributed by atoms with van der Waals surface area (Å²) in [6.45, 7) is 17.2. The zero-order valence-corrected chi connectivity index (χ0v) is 43.2. The lowest BCUT2D eigenvalue weighted by Gasteiger charge is -2.53. The fourth-order valence-corrected chi connectivity index (χ4v) is 11.8. The van der Waals surface area contributed by atoms with Crippen LogP contribution in [0.5, 0.6) is 0 Å². The number of aliphatic hydroxyl groups is 5. The predicted octanol–water partition coefficient (Wildman–Crippen LogP) is 4.45. The van der Waals surface area contributed by atoms with Gasteiger partial charge in [-0.25, -0.2) is 8.42 Å². The molecule has 0 aliphatic carbocycles. The summed E-state index contributed by atoms with van der Waals surface area (Å²) in [5.74, 6) is -3.21. The highest BCUT2D eigenvalue weighted by Crippen LogP contribution is 2.44. The third-order valence-electron chi connectivity index (χ3n) is 14.8. The zero-order chi connectivity index (χ0) is 50.7. The lowest BCUT2D eigenvalue weighted by Crippen LogP contribution is -2.69. The van der Waals surface area contributed by atoms with Crippen LogP contribution >= 0.6 is 11.6 Å². The Bertz CT molecular complexity index is 2050. The Labute approximate surface area is 408 Å². The van der Waals surface area contributed by atoms with Gasteiger partial charge in [0.05, 0.1) is 46.9 Å². The van der Waals surface area contributed by atoms with Crippen molar-refractivity contribution in [1.29, 1.82) is 0 Å². The van der Waals surface area contributed by atoms with Crippen LogP contribution in [0.3, 0.4) is 0 Å². The van der Waals surface area contributed by atoms with Crippen LogP contribution in [0.25, 0.3) is 0 Å². The third kappa shape index (κ3) is 12.2. The smallest absolute Gasteiger partial charge is 0.311 e. The number of rotatable bonds is 12. The van der Waals surface area contributed by atoms with E-state index < -0.39 is 118 Å². The molecule has 68 heavy (non-hydrogen) atoms. The average Bonchev–Trinajstić information content (AvgIpc) is 3.29. The Morgan fingerprint density at radius 3 is 2.16 bits per heavy atom. The number of aliphatic hydroxyl groups excluding tert-OH is 2. The molecule has 0 unspecified atom stereocenters. The van der Waals surface area contributed by atoms with E-state index in [0.29, 0.717) is 5.02 Å². The van der Waals surface area contributed by atoms with Gasteiger partial charge in [-0.3, -0.25) is 4.79 Å². The van der Waals surface area contributed by atoms with Crippen molar-refractivity contribution < 1.29 is 67.2 Å². The Morgan fingerprint density at radius 1 is 0.926 bits per heavy atom. The number of halogens is 1. The van der Waals surface area contributed by atoms with Gasteiger partial charge in [0.1, 0.15) is 35.1 Å². The molecule has 18 atom stereocenters. The number of para-hydroxylation sites is 1. The first kappa shape index (κ1) is 56.4. The number of sulfonamides is 1. The molecule has 17 nitrogen and oxygen atoms in total. The van der Waals surface area contributed by atoms with E-state index in [9.17, 15) is 38.7 Å². The van der Waals surface area contributed by atoms with Crippen LogP contribution in [0.1, 0.15) is 94.9 Å². The SMILES string of the molecule is CC[C@H]1OC(=O)[C@H](C)[C@@H](O[C@H]2C[C@@](C)(OC)[C@](O)(CNc3ccccc3)[C@H](C)O2)[C@H](C)[C@@H](O[C@@H]2O[C@H](C)C[C@H](N(C)S(=O)(=O)c3ccc(Cl)cc3)[C@H]2O)[C@](C)(O)C[C@@H](C)CN[C@H](C)[C@@H](O)[C@]1(C)O. The Hall–Kier alpha value is -2.53. The summed E-state index contributed by atoms with van der Waals surface area (Å²) in [7, 11) is -1.30. The first-order valence-electron chi connectivity index (χ1n) is 23.8. The number of anilines is 1. The van der Waals surface area contributed by atoms with Gasteiger partial charge >= 0.3 is 5.97 Å². The molecule has 19 heteroatoms. The summed E-state index contributed by atoms with van der Waals surface area (Å²) < 4.78 is 67.6. The summed E-state index contributed by atoms with van der Waals surface area (Å²) >= 11 is 6.07. The summed E-state index contributed by atoms with van der Waals surface area (Å²) in [6.07, 6.45) is -10.5. The molecule has 3 fully saturated rings. The maximum absolute atomic E-state index is 14.6. The van der Waals surface area contributed by atoms with Crippen molar-refractivity contribution >= 4 is 33.3 Å². The maximum atomic E-state index is 14.6. The van der Waals surface area contributed by atoms with Crippen molar-refractivity contribution in [3.05, 3.63) is 59.6 Å². The van der Waals surface area contributed by atoms with E-state index in [1.54, 1.807) is 55.4 Å². The van der Waals surface area contributed by atoms with Crippen molar-refractivity contribution in [3.8, 4) is 0 Å². The molecular formula is C49H78ClN3O14S. The van der Waals surface area contributed by atoms with E-state index in [0.717, 1.165) is 9.99 Å². The van der Waals surface area contributed by atoms with E-state index in [-0.39, 0.29) is 49.6 Å². The normalized spacial score (nSPS) is 41.6. The molecule has 3 heterocycles. The second-order valence-electron chi connectivity index (χ2n) is 20.2. The minimum Gasteiger partial charge on any atom is -0.459 e. The number of hydrogen-bond acceptors (Lipinski definition) is 16. The fraction of sp³-hybridized carbons (Fsp3) is 0.735. The van der Waals surface area contributed by atoms with Crippen molar-refractivity contribution in [3.63, 3.8) is 0 Å². The molecule has 0 spiro atoms.